The molecule has 3 N–H and O–H groups in total. The normalized spacial score (nSPS) is 22.5. The summed E-state index contributed by atoms with van der Waals surface area (Å²) in [6.45, 7) is 7.26. The monoisotopic (exact) mass is 394 g/mol. The van der Waals surface area contributed by atoms with Crippen LogP contribution in [-0.4, -0.2) is 60.9 Å². The van der Waals surface area contributed by atoms with E-state index in [-0.39, 0.29) is 29.6 Å². The Bertz CT molecular complexity index is 646. The van der Waals surface area contributed by atoms with Gasteiger partial charge in [0.25, 0.3) is 5.91 Å². The quantitative estimate of drug-likeness (QED) is 0.768. The molecule has 2 amide bonds. The van der Waals surface area contributed by atoms with Crippen LogP contribution in [0.2, 0.25) is 0 Å². The van der Waals surface area contributed by atoms with E-state index in [4.69, 9.17) is 5.73 Å². The van der Waals surface area contributed by atoms with Gasteiger partial charge in [0, 0.05) is 31.7 Å². The topological polar surface area (TPSA) is 78.7 Å². The lowest BCUT2D eigenvalue weighted by atomic mass is 9.90. The number of carbonyl (C=O) groups excluding carboxylic acids is 2. The van der Waals surface area contributed by atoms with Gasteiger partial charge < -0.3 is 16.0 Å². The van der Waals surface area contributed by atoms with Crippen LogP contribution in [0.5, 0.6) is 0 Å². The summed E-state index contributed by atoms with van der Waals surface area (Å²) in [6, 6.07) is 7.56. The second-order valence-electron chi connectivity index (χ2n) is 7.95. The van der Waals surface area contributed by atoms with Gasteiger partial charge in [-0.2, -0.15) is 0 Å². The van der Waals surface area contributed by atoms with Crippen LogP contribution < -0.4 is 11.1 Å². The molecule has 0 saturated carbocycles. The minimum Gasteiger partial charge on any atom is -0.351 e. The molecule has 1 aromatic carbocycles. The van der Waals surface area contributed by atoms with Gasteiger partial charge in [-0.1, -0.05) is 19.1 Å². The van der Waals surface area contributed by atoms with Crippen LogP contribution in [0.1, 0.15) is 42.1 Å². The Hall–Kier alpha value is -1.63. The predicted molar refractivity (Wildman–Crippen MR) is 109 cm³/mol. The van der Waals surface area contributed by atoms with Crippen molar-refractivity contribution in [2.75, 3.05) is 39.3 Å². The predicted octanol–water partition coefficient (Wildman–Crippen LogP) is 1.63. The highest BCUT2D eigenvalue weighted by atomic mass is 35.5. The van der Waals surface area contributed by atoms with Gasteiger partial charge in [-0.05, 0) is 55.5 Å². The highest BCUT2D eigenvalue weighted by molar-refractivity contribution is 5.94. The highest BCUT2D eigenvalue weighted by Gasteiger charge is 2.33. The number of nitrogens with zero attached hydrogens (tertiary/aromatic N) is 2. The first-order valence-electron chi connectivity index (χ1n) is 9.56. The van der Waals surface area contributed by atoms with Crippen LogP contribution in [0.4, 0.5) is 0 Å². The van der Waals surface area contributed by atoms with Crippen LogP contribution in [0.15, 0.2) is 24.3 Å². The summed E-state index contributed by atoms with van der Waals surface area (Å²) in [5, 5.41) is 2.97. The number of likely N-dealkylation sites (tertiary alicyclic amines) is 2. The third-order valence-corrected chi connectivity index (χ3v) is 5.58. The Kier molecular flexibility index (Phi) is 7.65. The molecule has 0 bridgehead atoms. The maximum absolute atomic E-state index is 12.3. The van der Waals surface area contributed by atoms with Crippen molar-refractivity contribution in [2.24, 2.45) is 11.1 Å². The summed E-state index contributed by atoms with van der Waals surface area (Å²) in [5.41, 5.74) is 7.68. The second-order valence-corrected chi connectivity index (χ2v) is 7.95. The van der Waals surface area contributed by atoms with Gasteiger partial charge in [0.2, 0.25) is 5.91 Å². The molecule has 6 nitrogen and oxygen atoms in total. The number of hydrogen-bond acceptors (Lipinski definition) is 4. The van der Waals surface area contributed by atoms with Crippen molar-refractivity contribution in [1.82, 2.24) is 15.1 Å². The number of nitrogens with one attached hydrogen (secondary N) is 1. The molecular weight excluding hydrogens is 364 g/mol. The second kappa shape index (κ2) is 9.53. The van der Waals surface area contributed by atoms with Gasteiger partial charge in [-0.15, -0.1) is 12.4 Å². The fraction of sp³-hybridized carbons (Fsp3) is 0.600. The average Bonchev–Trinajstić information content (AvgIpc) is 3.30. The zero-order chi connectivity index (χ0) is 18.6. The van der Waals surface area contributed by atoms with Gasteiger partial charge in [0.05, 0.1) is 6.54 Å². The Morgan fingerprint density at radius 1 is 1.15 bits per heavy atom. The molecule has 2 heterocycles. The number of hydrogen-bond donors (Lipinski definition) is 2. The average molecular weight is 395 g/mol. The van der Waals surface area contributed by atoms with Crippen LogP contribution >= 0.6 is 12.4 Å². The van der Waals surface area contributed by atoms with Crippen LogP contribution in [0, 0.1) is 5.41 Å². The highest BCUT2D eigenvalue weighted by Crippen LogP contribution is 2.27. The van der Waals surface area contributed by atoms with Crippen molar-refractivity contribution in [3.05, 3.63) is 35.4 Å². The van der Waals surface area contributed by atoms with E-state index in [2.05, 4.69) is 17.1 Å². The molecular formula is C20H31ClN4O2. The molecule has 1 aromatic rings. The molecule has 2 saturated heterocycles. The Morgan fingerprint density at radius 3 is 2.41 bits per heavy atom. The SMILES string of the molecule is CC1(CN)CCN(CC(=O)NCc2ccc(C(=O)N3CCCC3)cc2)C1.Cl. The molecule has 1 unspecified atom stereocenters. The van der Waals surface area contributed by atoms with Crippen LogP contribution in [-0.2, 0) is 11.3 Å². The van der Waals surface area contributed by atoms with E-state index in [1.54, 1.807) is 0 Å². The van der Waals surface area contributed by atoms with Gasteiger partial charge >= 0.3 is 0 Å². The van der Waals surface area contributed by atoms with E-state index in [1.165, 1.54) is 0 Å². The lowest BCUT2D eigenvalue weighted by molar-refractivity contribution is -0.122. The van der Waals surface area contributed by atoms with Gasteiger partial charge in [0.1, 0.15) is 0 Å². The van der Waals surface area contributed by atoms with E-state index in [1.807, 2.05) is 29.2 Å². The van der Waals surface area contributed by atoms with E-state index in [0.717, 1.165) is 56.6 Å². The lowest BCUT2D eigenvalue weighted by Gasteiger charge is -2.22. The lowest BCUT2D eigenvalue weighted by Crippen LogP contribution is -2.38. The molecule has 150 valence electrons. The maximum Gasteiger partial charge on any atom is 0.253 e. The van der Waals surface area contributed by atoms with E-state index in [9.17, 15) is 9.59 Å². The summed E-state index contributed by atoms with van der Waals surface area (Å²) in [4.78, 5) is 28.6. The first-order valence-corrected chi connectivity index (χ1v) is 9.56. The van der Waals surface area contributed by atoms with E-state index >= 15 is 0 Å². The Labute approximate surface area is 167 Å². The summed E-state index contributed by atoms with van der Waals surface area (Å²) >= 11 is 0. The summed E-state index contributed by atoms with van der Waals surface area (Å²) in [5.74, 6) is 0.138. The molecule has 1 atom stereocenters. The minimum atomic E-state index is 0. The number of nitrogens with two attached hydrogens (primary N) is 1. The first kappa shape index (κ1) is 21.7. The first-order chi connectivity index (χ1) is 12.5. The number of carbonyl (C=O) groups is 2. The van der Waals surface area contributed by atoms with Crippen molar-refractivity contribution >= 4 is 24.2 Å². The van der Waals surface area contributed by atoms with Crippen LogP contribution in [0.25, 0.3) is 0 Å². The molecule has 0 aliphatic carbocycles. The number of amides is 2. The number of rotatable bonds is 6. The van der Waals surface area contributed by atoms with Crippen molar-refractivity contribution in [3.8, 4) is 0 Å². The summed E-state index contributed by atoms with van der Waals surface area (Å²) < 4.78 is 0. The van der Waals surface area contributed by atoms with Crippen molar-refractivity contribution in [1.29, 1.82) is 0 Å². The molecule has 2 aliphatic heterocycles. The molecule has 0 radical (unpaired) electrons. The Balaban J connectivity index is 0.00000261. The summed E-state index contributed by atoms with van der Waals surface area (Å²) in [6.07, 6.45) is 3.23. The van der Waals surface area contributed by atoms with E-state index in [0.29, 0.717) is 19.6 Å². The van der Waals surface area contributed by atoms with Crippen molar-refractivity contribution < 1.29 is 9.59 Å². The minimum absolute atomic E-state index is 0. The molecule has 2 fully saturated rings. The van der Waals surface area contributed by atoms with Gasteiger partial charge in [0.15, 0.2) is 0 Å². The smallest absolute Gasteiger partial charge is 0.253 e. The molecule has 2 aliphatic rings. The third-order valence-electron chi connectivity index (χ3n) is 5.58. The standard InChI is InChI=1S/C20H30N4O2.ClH/c1-20(14-21)8-11-23(15-20)13-18(25)22-12-16-4-6-17(7-5-16)19(26)24-9-2-3-10-24;/h4-7H,2-3,8-15,21H2,1H3,(H,22,25);1H. The number of halogens is 1. The van der Waals surface area contributed by atoms with Crippen LogP contribution in [0.3, 0.4) is 0 Å². The molecule has 0 aromatic heterocycles. The fourth-order valence-electron chi connectivity index (χ4n) is 3.76. The van der Waals surface area contributed by atoms with Gasteiger partial charge in [-0.3, -0.25) is 14.5 Å². The van der Waals surface area contributed by atoms with Gasteiger partial charge in [-0.25, -0.2) is 0 Å². The summed E-state index contributed by atoms with van der Waals surface area (Å²) in [7, 11) is 0. The molecule has 3 rings (SSSR count). The zero-order valence-electron chi connectivity index (χ0n) is 16.1. The maximum atomic E-state index is 12.3. The van der Waals surface area contributed by atoms with Crippen molar-refractivity contribution in [3.63, 3.8) is 0 Å². The molecule has 7 heteroatoms. The third kappa shape index (κ3) is 5.67. The molecule has 27 heavy (non-hydrogen) atoms. The number of benzene rings is 1. The Morgan fingerprint density at radius 2 is 1.81 bits per heavy atom. The van der Waals surface area contributed by atoms with Crippen molar-refractivity contribution in [2.45, 2.75) is 32.7 Å². The fourth-order valence-corrected chi connectivity index (χ4v) is 3.76. The zero-order valence-corrected chi connectivity index (χ0v) is 16.9. The largest absolute Gasteiger partial charge is 0.351 e. The molecule has 0 spiro atoms. The van der Waals surface area contributed by atoms with E-state index < -0.39 is 0 Å².